The molecule has 0 unspecified atom stereocenters. The first-order valence-electron chi connectivity index (χ1n) is 7.29. The Hall–Kier alpha value is -1.52. The number of benzene rings is 1. The van der Waals surface area contributed by atoms with E-state index < -0.39 is 5.54 Å². The van der Waals surface area contributed by atoms with Crippen LogP contribution in [0.25, 0.3) is 10.9 Å². The summed E-state index contributed by atoms with van der Waals surface area (Å²) in [5.41, 5.74) is 1.48. The molecule has 2 aromatic rings. The maximum atomic E-state index is 12.3. The summed E-state index contributed by atoms with van der Waals surface area (Å²) in [6, 6.07) is 5.60. The molecule has 5 heteroatoms. The van der Waals surface area contributed by atoms with E-state index >= 15 is 0 Å². The van der Waals surface area contributed by atoms with E-state index in [-0.39, 0.29) is 12.5 Å². The third-order valence-corrected chi connectivity index (χ3v) is 4.58. The molecule has 1 heterocycles. The van der Waals surface area contributed by atoms with Gasteiger partial charge in [-0.3, -0.25) is 4.79 Å². The van der Waals surface area contributed by atoms with Gasteiger partial charge in [-0.1, -0.05) is 24.4 Å². The van der Waals surface area contributed by atoms with Crippen molar-refractivity contribution in [2.45, 2.75) is 37.6 Å². The first kappa shape index (κ1) is 14.4. The molecule has 0 radical (unpaired) electrons. The van der Waals surface area contributed by atoms with Crippen molar-refractivity contribution in [2.24, 2.45) is 0 Å². The average Bonchev–Trinajstić information content (AvgIpc) is 3.07. The van der Waals surface area contributed by atoms with Crippen LogP contribution in [0.3, 0.4) is 0 Å². The molecule has 0 spiro atoms. The molecule has 0 saturated heterocycles. The number of amides is 1. The molecular weight excluding hydrogens is 288 g/mol. The number of aromatic amines is 1. The molecule has 1 aromatic carbocycles. The van der Waals surface area contributed by atoms with E-state index in [1.54, 1.807) is 0 Å². The number of H-pyrrole nitrogens is 1. The van der Waals surface area contributed by atoms with Gasteiger partial charge in [0, 0.05) is 22.1 Å². The van der Waals surface area contributed by atoms with Gasteiger partial charge in [-0.15, -0.1) is 0 Å². The lowest BCUT2D eigenvalue weighted by molar-refractivity contribution is -0.122. The van der Waals surface area contributed by atoms with Gasteiger partial charge in [0.05, 0.1) is 18.6 Å². The summed E-state index contributed by atoms with van der Waals surface area (Å²) in [4.78, 5) is 15.4. The van der Waals surface area contributed by atoms with Gasteiger partial charge in [0.2, 0.25) is 5.91 Å². The molecule has 3 rings (SSSR count). The van der Waals surface area contributed by atoms with Crippen LogP contribution < -0.4 is 5.32 Å². The van der Waals surface area contributed by atoms with Gasteiger partial charge in [0.15, 0.2) is 0 Å². The van der Waals surface area contributed by atoms with Crippen LogP contribution in [0.4, 0.5) is 0 Å². The lowest BCUT2D eigenvalue weighted by atomic mass is 9.98. The quantitative estimate of drug-likeness (QED) is 0.813. The summed E-state index contributed by atoms with van der Waals surface area (Å²) in [6.07, 6.45) is 5.97. The highest BCUT2D eigenvalue weighted by molar-refractivity contribution is 6.31. The first-order chi connectivity index (χ1) is 10.1. The lowest BCUT2D eigenvalue weighted by Crippen LogP contribution is -2.49. The van der Waals surface area contributed by atoms with Crippen LogP contribution in [-0.2, 0) is 11.2 Å². The minimum Gasteiger partial charge on any atom is -0.394 e. The van der Waals surface area contributed by atoms with Crippen LogP contribution in [0.2, 0.25) is 5.02 Å². The Labute approximate surface area is 128 Å². The van der Waals surface area contributed by atoms with E-state index in [2.05, 4.69) is 10.3 Å². The number of halogens is 1. The number of aliphatic hydroxyl groups excluding tert-OH is 1. The number of fused-ring (bicyclic) bond motifs is 1. The van der Waals surface area contributed by atoms with E-state index in [1.807, 2.05) is 24.4 Å². The predicted octanol–water partition coefficient (Wildman–Crippen LogP) is 2.79. The number of aliphatic hydroxyl groups is 1. The van der Waals surface area contributed by atoms with Crippen molar-refractivity contribution in [3.8, 4) is 0 Å². The minimum atomic E-state index is -0.416. The maximum Gasteiger partial charge on any atom is 0.225 e. The van der Waals surface area contributed by atoms with Crippen LogP contribution in [0, 0.1) is 0 Å². The molecule has 1 saturated carbocycles. The second kappa shape index (κ2) is 5.70. The largest absolute Gasteiger partial charge is 0.394 e. The zero-order valence-corrected chi connectivity index (χ0v) is 12.5. The molecular formula is C16H19ClN2O2. The Kier molecular flexibility index (Phi) is 3.91. The molecule has 112 valence electrons. The maximum absolute atomic E-state index is 12.3. The van der Waals surface area contributed by atoms with Gasteiger partial charge >= 0.3 is 0 Å². The van der Waals surface area contributed by atoms with Crippen molar-refractivity contribution >= 4 is 28.4 Å². The molecule has 1 aliphatic carbocycles. The van der Waals surface area contributed by atoms with Crippen molar-refractivity contribution < 1.29 is 9.90 Å². The second-order valence-corrected chi connectivity index (χ2v) is 6.31. The molecule has 1 amide bonds. The Balaban J connectivity index is 1.75. The normalized spacial score (nSPS) is 17.2. The van der Waals surface area contributed by atoms with Gasteiger partial charge in [-0.05, 0) is 36.6 Å². The highest BCUT2D eigenvalue weighted by Crippen LogP contribution is 2.29. The fraction of sp³-hybridized carbons (Fsp3) is 0.438. The van der Waals surface area contributed by atoms with E-state index in [1.165, 1.54) is 0 Å². The number of rotatable bonds is 4. The number of aromatic nitrogens is 1. The Morgan fingerprint density at radius 3 is 2.86 bits per heavy atom. The Bertz CT molecular complexity index is 659. The van der Waals surface area contributed by atoms with Gasteiger partial charge in [-0.25, -0.2) is 0 Å². The number of carbonyl (C=O) groups is 1. The van der Waals surface area contributed by atoms with Crippen LogP contribution in [0.1, 0.15) is 31.2 Å². The highest BCUT2D eigenvalue weighted by Gasteiger charge is 2.34. The third-order valence-electron chi connectivity index (χ3n) is 4.35. The van der Waals surface area contributed by atoms with Crippen LogP contribution in [-0.4, -0.2) is 28.1 Å². The third kappa shape index (κ3) is 2.92. The average molecular weight is 307 g/mol. The van der Waals surface area contributed by atoms with Crippen molar-refractivity contribution in [1.82, 2.24) is 10.3 Å². The Morgan fingerprint density at radius 1 is 1.38 bits per heavy atom. The fourth-order valence-electron chi connectivity index (χ4n) is 3.18. The van der Waals surface area contributed by atoms with Gasteiger partial charge in [0.1, 0.15) is 0 Å². The summed E-state index contributed by atoms with van der Waals surface area (Å²) in [5.74, 6) is -0.0492. The van der Waals surface area contributed by atoms with E-state index in [0.29, 0.717) is 11.4 Å². The van der Waals surface area contributed by atoms with Crippen molar-refractivity contribution in [3.05, 3.63) is 35.0 Å². The van der Waals surface area contributed by atoms with Gasteiger partial charge < -0.3 is 15.4 Å². The summed E-state index contributed by atoms with van der Waals surface area (Å²) < 4.78 is 0. The molecule has 1 fully saturated rings. The molecule has 4 nitrogen and oxygen atoms in total. The van der Waals surface area contributed by atoms with Crippen LogP contribution >= 0.6 is 11.6 Å². The zero-order chi connectivity index (χ0) is 14.9. The summed E-state index contributed by atoms with van der Waals surface area (Å²) in [7, 11) is 0. The summed E-state index contributed by atoms with van der Waals surface area (Å²) >= 11 is 6.02. The first-order valence-corrected chi connectivity index (χ1v) is 7.67. The van der Waals surface area contributed by atoms with Gasteiger partial charge in [-0.2, -0.15) is 0 Å². The summed E-state index contributed by atoms with van der Waals surface area (Å²) in [5, 5.41) is 14.2. The molecule has 1 aromatic heterocycles. The molecule has 0 bridgehead atoms. The SMILES string of the molecule is O=C(Cc1c[nH]c2ccc(Cl)cc12)NC1(CO)CCCC1. The van der Waals surface area contributed by atoms with Crippen LogP contribution in [0.15, 0.2) is 24.4 Å². The van der Waals surface area contributed by atoms with Crippen LogP contribution in [0.5, 0.6) is 0 Å². The van der Waals surface area contributed by atoms with Crippen molar-refractivity contribution in [3.63, 3.8) is 0 Å². The van der Waals surface area contributed by atoms with Gasteiger partial charge in [0.25, 0.3) is 0 Å². The zero-order valence-electron chi connectivity index (χ0n) is 11.8. The lowest BCUT2D eigenvalue weighted by Gasteiger charge is -2.27. The number of carbonyl (C=O) groups excluding carboxylic acids is 1. The molecule has 0 atom stereocenters. The van der Waals surface area contributed by atoms with E-state index in [4.69, 9.17) is 11.6 Å². The Morgan fingerprint density at radius 2 is 2.14 bits per heavy atom. The fourth-order valence-corrected chi connectivity index (χ4v) is 3.36. The topological polar surface area (TPSA) is 65.1 Å². The predicted molar refractivity (Wildman–Crippen MR) is 83.4 cm³/mol. The summed E-state index contributed by atoms with van der Waals surface area (Å²) in [6.45, 7) is 0.0124. The van der Waals surface area contributed by atoms with E-state index in [0.717, 1.165) is 42.1 Å². The number of hydrogen-bond acceptors (Lipinski definition) is 2. The molecule has 0 aliphatic heterocycles. The molecule has 3 N–H and O–H groups in total. The highest BCUT2D eigenvalue weighted by atomic mass is 35.5. The van der Waals surface area contributed by atoms with E-state index in [9.17, 15) is 9.90 Å². The molecule has 21 heavy (non-hydrogen) atoms. The monoisotopic (exact) mass is 306 g/mol. The standard InChI is InChI=1S/C16H19ClN2O2/c17-12-3-4-14-13(8-12)11(9-18-14)7-15(21)19-16(10-20)5-1-2-6-16/h3-4,8-9,18,20H,1-2,5-7,10H2,(H,19,21). The second-order valence-electron chi connectivity index (χ2n) is 5.87. The molecule has 1 aliphatic rings. The smallest absolute Gasteiger partial charge is 0.225 e. The van der Waals surface area contributed by atoms with Crippen molar-refractivity contribution in [2.75, 3.05) is 6.61 Å². The number of hydrogen-bond donors (Lipinski definition) is 3. The van der Waals surface area contributed by atoms with Crippen molar-refractivity contribution in [1.29, 1.82) is 0 Å². The number of nitrogens with one attached hydrogen (secondary N) is 2. The minimum absolute atomic E-state index is 0.0124.